The van der Waals surface area contributed by atoms with Crippen LogP contribution in [-0.2, 0) is 9.53 Å². The second kappa shape index (κ2) is 6.36. The minimum absolute atomic E-state index is 0.394. The molecule has 1 aliphatic heterocycles. The van der Waals surface area contributed by atoms with E-state index in [2.05, 4.69) is 4.98 Å². The molecule has 0 saturated carbocycles. The van der Waals surface area contributed by atoms with Crippen LogP contribution in [-0.4, -0.2) is 25.2 Å². The second-order valence-electron chi connectivity index (χ2n) is 4.84. The van der Waals surface area contributed by atoms with Crippen molar-refractivity contribution in [3.05, 3.63) is 65.5 Å². The standard InChI is InChI=1S/C18H15NO4/c1-21-14-3-4-15(16(11-14)22-2)17-10-13(18(20)23-17)9-12-5-7-19-8-6-12/h3-11H,1-2H3. The van der Waals surface area contributed by atoms with Crippen LogP contribution < -0.4 is 9.47 Å². The van der Waals surface area contributed by atoms with E-state index in [4.69, 9.17) is 14.2 Å². The number of hydrogen-bond acceptors (Lipinski definition) is 5. The molecule has 0 N–H and O–H groups in total. The van der Waals surface area contributed by atoms with Crippen molar-refractivity contribution in [1.82, 2.24) is 4.98 Å². The van der Waals surface area contributed by atoms with Crippen molar-refractivity contribution >= 4 is 17.8 Å². The number of pyridine rings is 1. The van der Waals surface area contributed by atoms with Gasteiger partial charge in [-0.05, 0) is 42.0 Å². The summed E-state index contributed by atoms with van der Waals surface area (Å²) in [6.07, 6.45) is 6.80. The summed E-state index contributed by atoms with van der Waals surface area (Å²) in [6, 6.07) is 8.97. The molecule has 5 nitrogen and oxygen atoms in total. The third-order valence-electron chi connectivity index (χ3n) is 3.43. The molecule has 0 fully saturated rings. The average Bonchev–Trinajstić information content (AvgIpc) is 2.95. The van der Waals surface area contributed by atoms with Crippen molar-refractivity contribution in [2.24, 2.45) is 0 Å². The van der Waals surface area contributed by atoms with E-state index in [1.54, 1.807) is 57.0 Å². The number of benzene rings is 1. The Morgan fingerprint density at radius 1 is 1.09 bits per heavy atom. The zero-order valence-corrected chi connectivity index (χ0v) is 12.8. The van der Waals surface area contributed by atoms with Gasteiger partial charge in [0.15, 0.2) is 0 Å². The number of methoxy groups -OCH3 is 2. The van der Waals surface area contributed by atoms with Gasteiger partial charge in [0.25, 0.3) is 0 Å². The Kier molecular flexibility index (Phi) is 4.10. The van der Waals surface area contributed by atoms with Gasteiger partial charge in [-0.2, -0.15) is 0 Å². The highest BCUT2D eigenvalue weighted by Crippen LogP contribution is 2.35. The van der Waals surface area contributed by atoms with Crippen LogP contribution in [0.25, 0.3) is 11.8 Å². The molecule has 23 heavy (non-hydrogen) atoms. The maximum Gasteiger partial charge on any atom is 0.343 e. The molecule has 2 heterocycles. The maximum absolute atomic E-state index is 12.1. The zero-order valence-electron chi connectivity index (χ0n) is 12.8. The van der Waals surface area contributed by atoms with Gasteiger partial charge >= 0.3 is 5.97 Å². The lowest BCUT2D eigenvalue weighted by molar-refractivity contribution is -0.130. The van der Waals surface area contributed by atoms with Crippen LogP contribution in [0, 0.1) is 0 Å². The van der Waals surface area contributed by atoms with Gasteiger partial charge < -0.3 is 14.2 Å². The molecule has 0 spiro atoms. The lowest BCUT2D eigenvalue weighted by Gasteiger charge is -2.10. The lowest BCUT2D eigenvalue weighted by atomic mass is 10.1. The number of carbonyl (C=O) groups excluding carboxylic acids is 1. The number of hydrogen-bond donors (Lipinski definition) is 0. The van der Waals surface area contributed by atoms with Crippen molar-refractivity contribution in [1.29, 1.82) is 0 Å². The topological polar surface area (TPSA) is 57.7 Å². The predicted octanol–water partition coefficient (Wildman–Crippen LogP) is 3.08. The van der Waals surface area contributed by atoms with E-state index in [0.717, 1.165) is 5.56 Å². The van der Waals surface area contributed by atoms with Gasteiger partial charge in [-0.25, -0.2) is 4.79 Å². The van der Waals surface area contributed by atoms with Crippen molar-refractivity contribution in [3.63, 3.8) is 0 Å². The van der Waals surface area contributed by atoms with Crippen LogP contribution in [0.15, 0.2) is 54.4 Å². The minimum atomic E-state index is -0.394. The van der Waals surface area contributed by atoms with Gasteiger partial charge in [-0.15, -0.1) is 0 Å². The Morgan fingerprint density at radius 3 is 2.57 bits per heavy atom. The number of ether oxygens (including phenoxy) is 3. The number of carbonyl (C=O) groups is 1. The Morgan fingerprint density at radius 2 is 1.87 bits per heavy atom. The van der Waals surface area contributed by atoms with Crippen LogP contribution in [0.2, 0.25) is 0 Å². The number of rotatable bonds is 4. The van der Waals surface area contributed by atoms with Gasteiger partial charge in [0.1, 0.15) is 17.3 Å². The van der Waals surface area contributed by atoms with Crippen molar-refractivity contribution < 1.29 is 19.0 Å². The summed E-state index contributed by atoms with van der Waals surface area (Å²) in [5.41, 5.74) is 2.05. The first-order chi connectivity index (χ1) is 11.2. The van der Waals surface area contributed by atoms with Gasteiger partial charge in [0.05, 0.1) is 25.4 Å². The Labute approximate surface area is 133 Å². The first kappa shape index (κ1) is 14.8. The van der Waals surface area contributed by atoms with Gasteiger partial charge in [-0.3, -0.25) is 4.98 Å². The molecule has 0 atom stereocenters. The van der Waals surface area contributed by atoms with Crippen LogP contribution in [0.3, 0.4) is 0 Å². The highest BCUT2D eigenvalue weighted by Gasteiger charge is 2.24. The molecule has 0 radical (unpaired) electrons. The average molecular weight is 309 g/mol. The summed E-state index contributed by atoms with van der Waals surface area (Å²) in [6.45, 7) is 0. The fourth-order valence-corrected chi connectivity index (χ4v) is 2.26. The number of aromatic nitrogens is 1. The molecule has 0 bridgehead atoms. The summed E-state index contributed by atoms with van der Waals surface area (Å²) in [7, 11) is 3.14. The largest absolute Gasteiger partial charge is 0.497 e. The third kappa shape index (κ3) is 3.08. The Bertz CT molecular complexity index is 794. The van der Waals surface area contributed by atoms with Gasteiger partial charge in [0, 0.05) is 18.5 Å². The summed E-state index contributed by atoms with van der Waals surface area (Å²) in [5.74, 6) is 1.31. The van der Waals surface area contributed by atoms with Crippen LogP contribution in [0.5, 0.6) is 11.5 Å². The molecule has 1 aromatic heterocycles. The fourth-order valence-electron chi connectivity index (χ4n) is 2.26. The van der Waals surface area contributed by atoms with Crippen LogP contribution in [0.1, 0.15) is 11.1 Å². The number of nitrogens with zero attached hydrogens (tertiary/aromatic N) is 1. The zero-order chi connectivity index (χ0) is 16.2. The summed E-state index contributed by atoms with van der Waals surface area (Å²) in [4.78, 5) is 16.0. The van der Waals surface area contributed by atoms with E-state index < -0.39 is 5.97 Å². The van der Waals surface area contributed by atoms with E-state index in [1.807, 2.05) is 12.1 Å². The normalized spacial score (nSPS) is 15.3. The van der Waals surface area contributed by atoms with Crippen LogP contribution in [0.4, 0.5) is 0 Å². The molecule has 3 rings (SSSR count). The van der Waals surface area contributed by atoms with E-state index in [-0.39, 0.29) is 0 Å². The van der Waals surface area contributed by atoms with E-state index >= 15 is 0 Å². The second-order valence-corrected chi connectivity index (χ2v) is 4.84. The summed E-state index contributed by atoms with van der Waals surface area (Å²) in [5, 5.41) is 0. The summed E-state index contributed by atoms with van der Waals surface area (Å²) >= 11 is 0. The SMILES string of the molecule is COc1ccc(C2=CC(=Cc3ccncc3)C(=O)O2)c(OC)c1. The Hall–Kier alpha value is -3.08. The first-order valence-corrected chi connectivity index (χ1v) is 6.99. The fraction of sp³-hybridized carbons (Fsp3) is 0.111. The monoisotopic (exact) mass is 309 g/mol. The molecule has 2 aromatic rings. The highest BCUT2D eigenvalue weighted by atomic mass is 16.5. The van der Waals surface area contributed by atoms with Crippen molar-refractivity contribution in [3.8, 4) is 11.5 Å². The third-order valence-corrected chi connectivity index (χ3v) is 3.43. The molecule has 1 aromatic carbocycles. The number of esters is 1. The molecule has 0 amide bonds. The van der Waals surface area contributed by atoms with E-state index in [0.29, 0.717) is 28.4 Å². The smallest absolute Gasteiger partial charge is 0.343 e. The maximum atomic E-state index is 12.1. The van der Waals surface area contributed by atoms with Crippen molar-refractivity contribution in [2.45, 2.75) is 0 Å². The van der Waals surface area contributed by atoms with E-state index in [1.165, 1.54) is 0 Å². The highest BCUT2D eigenvalue weighted by molar-refractivity contribution is 6.05. The molecule has 0 aliphatic carbocycles. The minimum Gasteiger partial charge on any atom is -0.497 e. The molecular formula is C18H15NO4. The quantitative estimate of drug-likeness (QED) is 0.641. The van der Waals surface area contributed by atoms with E-state index in [9.17, 15) is 4.79 Å². The molecule has 0 saturated heterocycles. The molecule has 1 aliphatic rings. The molecule has 5 heteroatoms. The molecule has 0 unspecified atom stereocenters. The summed E-state index contributed by atoms with van der Waals surface area (Å²) < 4.78 is 15.9. The van der Waals surface area contributed by atoms with Crippen LogP contribution >= 0.6 is 0 Å². The van der Waals surface area contributed by atoms with Gasteiger partial charge in [-0.1, -0.05) is 0 Å². The Balaban J connectivity index is 1.97. The first-order valence-electron chi connectivity index (χ1n) is 6.99. The molecule has 116 valence electrons. The lowest BCUT2D eigenvalue weighted by Crippen LogP contribution is -1.98. The van der Waals surface area contributed by atoms with Crippen molar-refractivity contribution in [2.75, 3.05) is 14.2 Å². The number of cyclic esters (lactones) is 1. The predicted molar refractivity (Wildman–Crippen MR) is 85.8 cm³/mol. The molecular weight excluding hydrogens is 294 g/mol. The van der Waals surface area contributed by atoms with Gasteiger partial charge in [0.2, 0.25) is 0 Å².